The molecule has 0 spiro atoms. The molecule has 0 saturated carbocycles. The van der Waals surface area contributed by atoms with E-state index >= 15 is 0 Å². The van der Waals surface area contributed by atoms with Gasteiger partial charge in [-0.25, -0.2) is 18.2 Å². The van der Waals surface area contributed by atoms with Gasteiger partial charge in [-0.3, -0.25) is 4.84 Å². The Kier molecular flexibility index (Phi) is 4.63. The van der Waals surface area contributed by atoms with Crippen molar-refractivity contribution in [3.05, 3.63) is 59.8 Å². The summed E-state index contributed by atoms with van der Waals surface area (Å²) in [6.07, 6.45) is 0.966. The molecule has 0 aliphatic rings. The first-order chi connectivity index (χ1) is 9.99. The molecule has 0 amide bonds. The van der Waals surface area contributed by atoms with Crippen LogP contribution in [0.1, 0.15) is 15.9 Å². The molecule has 0 radical (unpaired) electrons. The van der Waals surface area contributed by atoms with E-state index in [0.29, 0.717) is 0 Å². The summed E-state index contributed by atoms with van der Waals surface area (Å²) in [5.41, 5.74) is 0.702. The summed E-state index contributed by atoms with van der Waals surface area (Å²) < 4.78 is 23.7. The van der Waals surface area contributed by atoms with Crippen molar-refractivity contribution in [3.8, 4) is 0 Å². The van der Waals surface area contributed by atoms with Crippen molar-refractivity contribution < 1.29 is 23.2 Å². The minimum Gasteiger partial charge on any atom is -0.478 e. The minimum atomic E-state index is -3.95. The lowest BCUT2D eigenvalue weighted by Crippen LogP contribution is -2.25. The van der Waals surface area contributed by atoms with Crippen LogP contribution in [-0.2, 0) is 21.5 Å². The molecule has 110 valence electrons. The van der Waals surface area contributed by atoms with Gasteiger partial charge in [-0.15, -0.1) is 0 Å². The van der Waals surface area contributed by atoms with E-state index in [-0.39, 0.29) is 17.2 Å². The zero-order valence-corrected chi connectivity index (χ0v) is 11.6. The van der Waals surface area contributed by atoms with Gasteiger partial charge in [-0.1, -0.05) is 35.2 Å². The number of pyridine rings is 1. The molecule has 2 aromatic rings. The Balaban J connectivity index is 2.00. The molecular weight excluding hydrogens is 296 g/mol. The molecule has 0 atom stereocenters. The summed E-state index contributed by atoms with van der Waals surface area (Å²) in [6, 6.07) is 11.3. The Morgan fingerprint density at radius 2 is 1.90 bits per heavy atom. The third-order valence-corrected chi connectivity index (χ3v) is 3.64. The smallest absolute Gasteiger partial charge is 0.337 e. The van der Waals surface area contributed by atoms with E-state index in [1.54, 1.807) is 24.3 Å². The lowest BCUT2D eigenvalue weighted by molar-refractivity contribution is 0.0696. The quantitative estimate of drug-likeness (QED) is 0.777. The molecule has 2 rings (SSSR count). The maximum atomic E-state index is 11.9. The second kappa shape index (κ2) is 6.44. The fourth-order valence-corrected chi connectivity index (χ4v) is 2.21. The number of benzene rings is 1. The normalized spacial score (nSPS) is 11.2. The van der Waals surface area contributed by atoms with Gasteiger partial charge in [-0.2, -0.15) is 0 Å². The summed E-state index contributed by atoms with van der Waals surface area (Å²) in [5, 5.41) is 8.40. The number of rotatable bonds is 6. The molecule has 1 heterocycles. The Morgan fingerprint density at radius 3 is 2.48 bits per heavy atom. The van der Waals surface area contributed by atoms with Crippen molar-refractivity contribution in [1.82, 2.24) is 9.87 Å². The van der Waals surface area contributed by atoms with Gasteiger partial charge in [0.2, 0.25) is 0 Å². The molecule has 0 bridgehead atoms. The summed E-state index contributed by atoms with van der Waals surface area (Å²) >= 11 is 0. The molecule has 1 aromatic heterocycles. The summed E-state index contributed by atoms with van der Waals surface area (Å²) in [4.78, 5) is 21.1. The van der Waals surface area contributed by atoms with E-state index in [2.05, 4.69) is 4.98 Å². The Morgan fingerprint density at radius 1 is 1.19 bits per heavy atom. The van der Waals surface area contributed by atoms with Gasteiger partial charge in [0.05, 0.1) is 12.2 Å². The molecule has 1 aromatic carbocycles. The van der Waals surface area contributed by atoms with Crippen molar-refractivity contribution in [2.75, 3.05) is 0 Å². The molecule has 0 unspecified atom stereocenters. The van der Waals surface area contributed by atoms with Gasteiger partial charge < -0.3 is 5.11 Å². The van der Waals surface area contributed by atoms with Crippen molar-refractivity contribution >= 4 is 16.0 Å². The number of hydrogen-bond donors (Lipinski definition) is 2. The molecular formula is C13H12N2O5S. The molecule has 21 heavy (non-hydrogen) atoms. The maximum Gasteiger partial charge on any atom is 0.337 e. The minimum absolute atomic E-state index is 0.0628. The fourth-order valence-electron chi connectivity index (χ4n) is 1.47. The summed E-state index contributed by atoms with van der Waals surface area (Å²) in [6.45, 7) is 0.0628. The van der Waals surface area contributed by atoms with E-state index in [0.717, 1.165) is 23.9 Å². The summed E-state index contributed by atoms with van der Waals surface area (Å²) in [7, 11) is -3.95. The van der Waals surface area contributed by atoms with Crippen molar-refractivity contribution in [2.24, 2.45) is 0 Å². The second-order valence-electron chi connectivity index (χ2n) is 4.05. The van der Waals surface area contributed by atoms with Gasteiger partial charge in [-0.05, 0) is 17.7 Å². The van der Waals surface area contributed by atoms with Crippen LogP contribution in [0.4, 0.5) is 0 Å². The Hall–Kier alpha value is -2.29. The predicted molar refractivity (Wildman–Crippen MR) is 72.7 cm³/mol. The number of carbonyl (C=O) groups is 1. The number of carboxylic acids is 1. The van der Waals surface area contributed by atoms with Gasteiger partial charge in [0.25, 0.3) is 10.0 Å². The van der Waals surface area contributed by atoms with Crippen LogP contribution in [-0.4, -0.2) is 24.5 Å². The van der Waals surface area contributed by atoms with Crippen molar-refractivity contribution in [3.63, 3.8) is 0 Å². The van der Waals surface area contributed by atoms with Crippen LogP contribution in [0.15, 0.2) is 53.7 Å². The average molecular weight is 308 g/mol. The third-order valence-electron chi connectivity index (χ3n) is 2.51. The number of carboxylic acid groups (broad SMARTS) is 1. The van der Waals surface area contributed by atoms with Crippen LogP contribution in [0.25, 0.3) is 0 Å². The highest BCUT2D eigenvalue weighted by atomic mass is 32.2. The van der Waals surface area contributed by atoms with E-state index in [4.69, 9.17) is 9.94 Å². The first kappa shape index (κ1) is 15.1. The number of aromatic carboxylic acids is 1. The first-order valence-electron chi connectivity index (χ1n) is 5.86. The molecule has 0 fully saturated rings. The Bertz CT molecular complexity index is 714. The van der Waals surface area contributed by atoms with Crippen LogP contribution >= 0.6 is 0 Å². The highest BCUT2D eigenvalue weighted by Gasteiger charge is 2.16. The van der Waals surface area contributed by atoms with Crippen LogP contribution in [0.3, 0.4) is 0 Å². The van der Waals surface area contributed by atoms with Crippen molar-refractivity contribution in [1.29, 1.82) is 0 Å². The maximum absolute atomic E-state index is 11.9. The number of nitrogens with one attached hydrogen (secondary N) is 1. The van der Waals surface area contributed by atoms with E-state index in [9.17, 15) is 13.2 Å². The van der Waals surface area contributed by atoms with Gasteiger partial charge in [0, 0.05) is 6.20 Å². The van der Waals surface area contributed by atoms with Crippen molar-refractivity contribution in [2.45, 2.75) is 11.6 Å². The van der Waals surface area contributed by atoms with E-state index < -0.39 is 16.0 Å². The lowest BCUT2D eigenvalue weighted by atomic mass is 10.2. The first-order valence-corrected chi connectivity index (χ1v) is 7.34. The van der Waals surface area contributed by atoms with E-state index in [1.807, 2.05) is 11.0 Å². The van der Waals surface area contributed by atoms with Crippen LogP contribution < -0.4 is 4.89 Å². The fraction of sp³-hybridized carbons (Fsp3) is 0.0769. The molecule has 2 N–H and O–H groups in total. The molecule has 7 nitrogen and oxygen atoms in total. The Labute approximate surface area is 121 Å². The van der Waals surface area contributed by atoms with Crippen LogP contribution in [0.5, 0.6) is 0 Å². The number of nitrogens with zero attached hydrogens (tertiary/aromatic N) is 1. The largest absolute Gasteiger partial charge is 0.478 e. The number of sulfonamides is 1. The molecule has 0 aliphatic carbocycles. The van der Waals surface area contributed by atoms with Gasteiger partial charge >= 0.3 is 5.97 Å². The van der Waals surface area contributed by atoms with E-state index in [1.165, 1.54) is 0 Å². The SMILES string of the molecule is O=C(O)c1ccc(S(=O)(=O)NOCc2ccccc2)nc1. The predicted octanol–water partition coefficient (Wildman–Crippen LogP) is 1.19. The molecule has 0 saturated heterocycles. The van der Waals surface area contributed by atoms with Crippen LogP contribution in [0, 0.1) is 0 Å². The van der Waals surface area contributed by atoms with Gasteiger partial charge in [0.15, 0.2) is 5.03 Å². The highest BCUT2D eigenvalue weighted by molar-refractivity contribution is 7.89. The monoisotopic (exact) mass is 308 g/mol. The zero-order valence-electron chi connectivity index (χ0n) is 10.8. The topological polar surface area (TPSA) is 106 Å². The average Bonchev–Trinajstić information content (AvgIpc) is 2.48. The lowest BCUT2D eigenvalue weighted by Gasteiger charge is -2.06. The third kappa shape index (κ3) is 4.09. The standard InChI is InChI=1S/C13H12N2O5S/c16-13(17)11-6-7-12(14-8-11)21(18,19)15-20-9-10-4-2-1-3-5-10/h1-8,15H,9H2,(H,16,17). The zero-order chi connectivity index (χ0) is 15.3. The van der Waals surface area contributed by atoms with Crippen LogP contribution in [0.2, 0.25) is 0 Å². The number of hydrogen-bond acceptors (Lipinski definition) is 5. The molecule has 8 heteroatoms. The summed E-state index contributed by atoms with van der Waals surface area (Å²) in [5.74, 6) is -1.18. The second-order valence-corrected chi connectivity index (χ2v) is 5.64. The van der Waals surface area contributed by atoms with Gasteiger partial charge in [0.1, 0.15) is 0 Å². The number of aromatic nitrogens is 1. The highest BCUT2D eigenvalue weighted by Crippen LogP contribution is 2.07. The molecule has 0 aliphatic heterocycles.